The van der Waals surface area contributed by atoms with Gasteiger partial charge in [0.1, 0.15) is 0 Å². The van der Waals surface area contributed by atoms with E-state index >= 15 is 0 Å². The van der Waals surface area contributed by atoms with Crippen molar-refractivity contribution in [3.63, 3.8) is 0 Å². The van der Waals surface area contributed by atoms with Gasteiger partial charge in [-0.3, -0.25) is 0 Å². The summed E-state index contributed by atoms with van der Waals surface area (Å²) < 4.78 is 41.8. The predicted molar refractivity (Wildman–Crippen MR) is 100 cm³/mol. The molecule has 0 aliphatic carbocycles. The fourth-order valence-electron chi connectivity index (χ4n) is 1.78. The summed E-state index contributed by atoms with van der Waals surface area (Å²) in [6.07, 6.45) is -1.000. The fraction of sp³-hybridized carbons (Fsp3) is 1.00. The first-order valence-corrected chi connectivity index (χ1v) is 9.76. The first-order chi connectivity index (χ1) is 13.8. The summed E-state index contributed by atoms with van der Waals surface area (Å²) in [6.45, 7) is 8.44. The van der Waals surface area contributed by atoms with Crippen molar-refractivity contribution in [2.75, 3.05) is 106 Å². The molecule has 0 saturated carbocycles. The molecule has 0 aliphatic heterocycles. The van der Waals surface area contributed by atoms with E-state index in [1.807, 2.05) is 6.92 Å². The van der Waals surface area contributed by atoms with Gasteiger partial charge in [-0.2, -0.15) is 0 Å². The van der Waals surface area contributed by atoms with Crippen molar-refractivity contribution in [2.24, 2.45) is 0 Å². The van der Waals surface area contributed by atoms with Gasteiger partial charge in [0.25, 0.3) is 0 Å². The molecule has 0 fully saturated rings. The average Bonchev–Trinajstić information content (AvgIpc) is 2.70. The second-order valence-electron chi connectivity index (χ2n) is 5.38. The van der Waals surface area contributed by atoms with E-state index < -0.39 is 6.29 Å². The maximum absolute atomic E-state index is 9.58. The molecule has 10 heteroatoms. The summed E-state index contributed by atoms with van der Waals surface area (Å²) in [4.78, 5) is 0. The van der Waals surface area contributed by atoms with Gasteiger partial charge in [0.05, 0.1) is 99.1 Å². The van der Waals surface area contributed by atoms with Gasteiger partial charge >= 0.3 is 0 Å². The molecule has 0 aromatic carbocycles. The summed E-state index contributed by atoms with van der Waals surface area (Å²) in [5, 5.41) is 18.1. The van der Waals surface area contributed by atoms with Gasteiger partial charge < -0.3 is 48.1 Å². The summed E-state index contributed by atoms with van der Waals surface area (Å²) in [5.74, 6) is 0. The second-order valence-corrected chi connectivity index (χ2v) is 5.38. The quantitative estimate of drug-likeness (QED) is 0.157. The van der Waals surface area contributed by atoms with Gasteiger partial charge in [-0.15, -0.1) is 0 Å². The first-order valence-electron chi connectivity index (χ1n) is 9.76. The Hall–Kier alpha value is -0.400. The van der Waals surface area contributed by atoms with E-state index in [-0.39, 0.29) is 19.8 Å². The maximum Gasteiger partial charge on any atom is 0.178 e. The Morgan fingerprint density at radius 2 is 0.929 bits per heavy atom. The van der Waals surface area contributed by atoms with E-state index in [0.717, 1.165) is 0 Å². The molecule has 0 spiro atoms. The van der Waals surface area contributed by atoms with Crippen LogP contribution >= 0.6 is 0 Å². The molecule has 28 heavy (non-hydrogen) atoms. The van der Waals surface area contributed by atoms with Gasteiger partial charge in [0.2, 0.25) is 0 Å². The lowest BCUT2D eigenvalue weighted by Crippen LogP contribution is -2.23. The smallest absolute Gasteiger partial charge is 0.178 e. The van der Waals surface area contributed by atoms with Crippen molar-refractivity contribution in [1.29, 1.82) is 0 Å². The monoisotopic (exact) mass is 414 g/mol. The Balaban J connectivity index is 3.11. The molecular weight excluding hydrogens is 376 g/mol. The third kappa shape index (κ3) is 23.6. The highest BCUT2D eigenvalue weighted by Gasteiger charge is 2.04. The van der Waals surface area contributed by atoms with Crippen LogP contribution < -0.4 is 0 Å². The van der Waals surface area contributed by atoms with Gasteiger partial charge in [0, 0.05) is 6.61 Å². The molecule has 1 unspecified atom stereocenters. The molecule has 0 amide bonds. The minimum absolute atomic E-state index is 0.000690. The molecule has 0 aromatic heterocycles. The molecule has 0 heterocycles. The van der Waals surface area contributed by atoms with Gasteiger partial charge in [0.15, 0.2) is 6.29 Å². The lowest BCUT2D eigenvalue weighted by molar-refractivity contribution is -0.149. The maximum atomic E-state index is 9.58. The summed E-state index contributed by atoms with van der Waals surface area (Å²) in [6, 6.07) is 0. The number of aliphatic hydroxyl groups is 2. The molecule has 0 radical (unpaired) electrons. The lowest BCUT2D eigenvalue weighted by Gasteiger charge is -2.13. The number of hydrogen-bond acceptors (Lipinski definition) is 10. The van der Waals surface area contributed by atoms with Crippen LogP contribution in [-0.2, 0) is 37.9 Å². The zero-order valence-electron chi connectivity index (χ0n) is 17.1. The molecule has 2 N–H and O–H groups in total. The summed E-state index contributed by atoms with van der Waals surface area (Å²) in [5.41, 5.74) is 0. The Bertz CT molecular complexity index is 283. The number of ether oxygens (including phenoxy) is 8. The minimum atomic E-state index is -1.000. The van der Waals surface area contributed by atoms with E-state index in [2.05, 4.69) is 0 Å². The highest BCUT2D eigenvalue weighted by atomic mass is 16.6. The van der Waals surface area contributed by atoms with Crippen molar-refractivity contribution >= 4 is 0 Å². The summed E-state index contributed by atoms with van der Waals surface area (Å²) >= 11 is 0. The molecule has 0 rings (SSSR count). The van der Waals surface area contributed by atoms with E-state index in [1.54, 1.807) is 0 Å². The van der Waals surface area contributed by atoms with Crippen LogP contribution in [0.3, 0.4) is 0 Å². The van der Waals surface area contributed by atoms with E-state index in [4.69, 9.17) is 43.0 Å². The van der Waals surface area contributed by atoms with E-state index in [1.165, 1.54) is 0 Å². The SMILES string of the molecule is CCOCCOCCOCCOCCOCC(O)OCCOCCOCCO. The van der Waals surface area contributed by atoms with Crippen LogP contribution in [0.2, 0.25) is 0 Å². The Morgan fingerprint density at radius 3 is 1.39 bits per heavy atom. The van der Waals surface area contributed by atoms with Crippen molar-refractivity contribution in [3.8, 4) is 0 Å². The van der Waals surface area contributed by atoms with Crippen LogP contribution in [0.4, 0.5) is 0 Å². The molecule has 0 aromatic rings. The van der Waals surface area contributed by atoms with E-state index in [0.29, 0.717) is 85.9 Å². The summed E-state index contributed by atoms with van der Waals surface area (Å²) in [7, 11) is 0. The Kier molecular flexibility index (Phi) is 24.3. The third-order valence-electron chi connectivity index (χ3n) is 3.10. The highest BCUT2D eigenvalue weighted by Crippen LogP contribution is 1.91. The zero-order valence-corrected chi connectivity index (χ0v) is 17.1. The van der Waals surface area contributed by atoms with Crippen LogP contribution in [0.25, 0.3) is 0 Å². The van der Waals surface area contributed by atoms with Gasteiger partial charge in [-0.25, -0.2) is 0 Å². The number of rotatable bonds is 24. The molecule has 0 saturated heterocycles. The van der Waals surface area contributed by atoms with Crippen LogP contribution in [0, 0.1) is 0 Å². The van der Waals surface area contributed by atoms with Crippen LogP contribution in [0.5, 0.6) is 0 Å². The van der Waals surface area contributed by atoms with Gasteiger partial charge in [-0.1, -0.05) is 0 Å². The number of aliphatic hydroxyl groups excluding tert-OH is 2. The fourth-order valence-corrected chi connectivity index (χ4v) is 1.78. The standard InChI is InChI=1S/C18H38O10/c1-2-21-5-6-23-9-10-24-11-12-25-13-14-27-17-18(20)28-16-15-26-8-7-22-4-3-19/h18-20H,2-17H2,1H3. The Morgan fingerprint density at radius 1 is 0.536 bits per heavy atom. The molecule has 10 nitrogen and oxygen atoms in total. The van der Waals surface area contributed by atoms with Gasteiger partial charge in [-0.05, 0) is 6.92 Å². The van der Waals surface area contributed by atoms with Crippen molar-refractivity contribution in [1.82, 2.24) is 0 Å². The predicted octanol–water partition coefficient (Wildman–Crippen LogP) is -0.550. The van der Waals surface area contributed by atoms with E-state index in [9.17, 15) is 5.11 Å². The van der Waals surface area contributed by atoms with Crippen molar-refractivity contribution in [3.05, 3.63) is 0 Å². The minimum Gasteiger partial charge on any atom is -0.394 e. The van der Waals surface area contributed by atoms with Crippen molar-refractivity contribution < 1.29 is 48.1 Å². The number of hydrogen-bond donors (Lipinski definition) is 2. The van der Waals surface area contributed by atoms with Crippen LogP contribution in [-0.4, -0.2) is 122 Å². The second kappa shape index (κ2) is 24.6. The Labute approximate surface area is 167 Å². The molecule has 0 aliphatic rings. The van der Waals surface area contributed by atoms with Crippen LogP contribution in [0.1, 0.15) is 6.92 Å². The first kappa shape index (κ1) is 27.6. The molecule has 170 valence electrons. The molecular formula is C18H38O10. The zero-order chi connectivity index (χ0) is 20.5. The van der Waals surface area contributed by atoms with Crippen molar-refractivity contribution in [2.45, 2.75) is 13.2 Å². The lowest BCUT2D eigenvalue weighted by atomic mass is 10.6. The normalized spacial score (nSPS) is 12.5. The largest absolute Gasteiger partial charge is 0.394 e. The van der Waals surface area contributed by atoms with Crippen LogP contribution in [0.15, 0.2) is 0 Å². The average molecular weight is 414 g/mol. The molecule has 0 bridgehead atoms. The molecule has 1 atom stereocenters. The highest BCUT2D eigenvalue weighted by molar-refractivity contribution is 4.41. The topological polar surface area (TPSA) is 114 Å². The third-order valence-corrected chi connectivity index (χ3v) is 3.10.